The fourth-order valence-electron chi connectivity index (χ4n) is 2.68. The van der Waals surface area contributed by atoms with Crippen molar-refractivity contribution in [3.8, 4) is 11.3 Å². The first-order chi connectivity index (χ1) is 10.4. The van der Waals surface area contributed by atoms with Crippen molar-refractivity contribution in [1.82, 2.24) is 14.5 Å². The molecule has 2 aromatic rings. The van der Waals surface area contributed by atoms with E-state index in [1.807, 2.05) is 6.20 Å². The molecule has 2 aliphatic carbocycles. The van der Waals surface area contributed by atoms with Gasteiger partial charge in [-0.2, -0.15) is 13.2 Å². The van der Waals surface area contributed by atoms with Gasteiger partial charge in [0.05, 0.1) is 11.3 Å². The van der Waals surface area contributed by atoms with Gasteiger partial charge in [-0.05, 0) is 31.7 Å². The van der Waals surface area contributed by atoms with Crippen LogP contribution in [-0.4, -0.2) is 14.5 Å². The second-order valence-electron chi connectivity index (χ2n) is 6.05. The average Bonchev–Trinajstić information content (AvgIpc) is 3.37. The van der Waals surface area contributed by atoms with E-state index in [0.717, 1.165) is 37.6 Å². The number of pyridine rings is 1. The normalized spacial score (nSPS) is 18.7. The molecule has 22 heavy (non-hydrogen) atoms. The maximum Gasteiger partial charge on any atom is 0.419 e. The molecule has 7 heteroatoms. The van der Waals surface area contributed by atoms with E-state index in [2.05, 4.69) is 14.5 Å². The lowest BCUT2D eigenvalue weighted by Crippen LogP contribution is -2.10. The van der Waals surface area contributed by atoms with E-state index >= 15 is 0 Å². The first-order valence-corrected chi connectivity index (χ1v) is 7.35. The number of alkyl halides is 3. The van der Waals surface area contributed by atoms with Crippen LogP contribution in [-0.2, 0) is 6.18 Å². The van der Waals surface area contributed by atoms with Gasteiger partial charge in [-0.15, -0.1) is 0 Å². The number of nitrogen functional groups attached to an aromatic ring is 1. The minimum absolute atomic E-state index is 0.364. The van der Waals surface area contributed by atoms with Crippen LogP contribution in [0.15, 0.2) is 18.5 Å². The zero-order chi connectivity index (χ0) is 15.5. The van der Waals surface area contributed by atoms with Crippen LogP contribution in [0.4, 0.5) is 19.0 Å². The van der Waals surface area contributed by atoms with Crippen molar-refractivity contribution < 1.29 is 13.2 Å². The lowest BCUT2D eigenvalue weighted by atomic mass is 10.1. The molecule has 2 N–H and O–H groups in total. The predicted octanol–water partition coefficient (Wildman–Crippen LogP) is 3.76. The molecule has 0 atom stereocenters. The third-order valence-electron chi connectivity index (χ3n) is 4.16. The van der Waals surface area contributed by atoms with Gasteiger partial charge < -0.3 is 10.3 Å². The second-order valence-corrected chi connectivity index (χ2v) is 6.05. The Morgan fingerprint density at radius 2 is 1.91 bits per heavy atom. The molecule has 4 nitrogen and oxygen atoms in total. The molecule has 2 heterocycles. The highest BCUT2D eigenvalue weighted by molar-refractivity contribution is 5.62. The molecular weight excluding hydrogens is 293 g/mol. The van der Waals surface area contributed by atoms with Gasteiger partial charge in [0, 0.05) is 29.9 Å². The number of imidazole rings is 1. The number of hydrogen-bond acceptors (Lipinski definition) is 3. The van der Waals surface area contributed by atoms with Crippen molar-refractivity contribution in [3.63, 3.8) is 0 Å². The van der Waals surface area contributed by atoms with Crippen LogP contribution in [0.3, 0.4) is 0 Å². The van der Waals surface area contributed by atoms with Gasteiger partial charge in [-0.1, -0.05) is 0 Å². The fourth-order valence-corrected chi connectivity index (χ4v) is 2.68. The number of nitrogens with zero attached hydrogens (tertiary/aromatic N) is 3. The van der Waals surface area contributed by atoms with Crippen LogP contribution >= 0.6 is 0 Å². The van der Waals surface area contributed by atoms with E-state index in [1.165, 1.54) is 6.20 Å². The Kier molecular flexibility index (Phi) is 2.76. The first kappa shape index (κ1) is 13.6. The van der Waals surface area contributed by atoms with Crippen molar-refractivity contribution >= 4 is 5.82 Å². The topological polar surface area (TPSA) is 56.7 Å². The highest BCUT2D eigenvalue weighted by Crippen LogP contribution is 2.45. The molecule has 116 valence electrons. The Balaban J connectivity index is 1.77. The van der Waals surface area contributed by atoms with Crippen LogP contribution in [0.25, 0.3) is 11.3 Å². The van der Waals surface area contributed by atoms with E-state index in [9.17, 15) is 13.2 Å². The Labute approximate surface area is 125 Å². The smallest absolute Gasteiger partial charge is 0.383 e. The minimum Gasteiger partial charge on any atom is -0.383 e. The lowest BCUT2D eigenvalue weighted by Gasteiger charge is -2.09. The fraction of sp³-hybridized carbons (Fsp3) is 0.467. The number of aromatic nitrogens is 3. The van der Waals surface area contributed by atoms with E-state index < -0.39 is 17.6 Å². The average molecular weight is 308 g/mol. The van der Waals surface area contributed by atoms with E-state index in [4.69, 9.17) is 5.73 Å². The maximum atomic E-state index is 13.0. The van der Waals surface area contributed by atoms with Crippen molar-refractivity contribution in [3.05, 3.63) is 29.8 Å². The molecule has 2 aromatic heterocycles. The third kappa shape index (κ3) is 2.34. The van der Waals surface area contributed by atoms with Crippen LogP contribution in [0, 0.1) is 0 Å². The van der Waals surface area contributed by atoms with Gasteiger partial charge in [0.25, 0.3) is 0 Å². The largest absolute Gasteiger partial charge is 0.419 e. The van der Waals surface area contributed by atoms with E-state index in [-0.39, 0.29) is 0 Å². The minimum atomic E-state index is -4.51. The number of nitrogens with two attached hydrogens (primary N) is 1. The summed E-state index contributed by atoms with van der Waals surface area (Å²) in [4.78, 5) is 8.26. The Hall–Kier alpha value is -2.05. The number of halogens is 3. The molecule has 0 spiro atoms. The van der Waals surface area contributed by atoms with Gasteiger partial charge in [0.2, 0.25) is 0 Å². The van der Waals surface area contributed by atoms with Crippen molar-refractivity contribution in [2.45, 2.75) is 43.8 Å². The summed E-state index contributed by atoms with van der Waals surface area (Å²) in [5.74, 6) is 0.960. The van der Waals surface area contributed by atoms with Crippen molar-refractivity contribution in [2.24, 2.45) is 0 Å². The van der Waals surface area contributed by atoms with Gasteiger partial charge in [-0.25, -0.2) is 9.97 Å². The summed E-state index contributed by atoms with van der Waals surface area (Å²) >= 11 is 0. The zero-order valence-electron chi connectivity index (χ0n) is 11.8. The molecule has 0 saturated heterocycles. The van der Waals surface area contributed by atoms with Gasteiger partial charge in [-0.3, -0.25) is 0 Å². The third-order valence-corrected chi connectivity index (χ3v) is 4.16. The molecular formula is C15H15F3N4. The molecule has 2 aliphatic rings. The molecule has 0 bridgehead atoms. The molecule has 2 fully saturated rings. The molecule has 0 unspecified atom stereocenters. The summed E-state index contributed by atoms with van der Waals surface area (Å²) in [5.41, 5.74) is 5.36. The Bertz CT molecular complexity index is 697. The zero-order valence-corrected chi connectivity index (χ0v) is 11.8. The van der Waals surface area contributed by atoms with Crippen LogP contribution in [0.1, 0.15) is 49.0 Å². The highest BCUT2D eigenvalue weighted by Gasteiger charge is 2.36. The summed E-state index contributed by atoms with van der Waals surface area (Å²) in [6.07, 6.45) is 3.16. The van der Waals surface area contributed by atoms with Gasteiger partial charge >= 0.3 is 6.18 Å². The quantitative estimate of drug-likeness (QED) is 0.939. The lowest BCUT2D eigenvalue weighted by molar-refractivity contribution is -0.137. The van der Waals surface area contributed by atoms with Gasteiger partial charge in [0.1, 0.15) is 11.6 Å². The van der Waals surface area contributed by atoms with Crippen LogP contribution in [0.5, 0.6) is 0 Å². The van der Waals surface area contributed by atoms with Crippen molar-refractivity contribution in [1.29, 1.82) is 0 Å². The Morgan fingerprint density at radius 1 is 1.18 bits per heavy atom. The summed E-state index contributed by atoms with van der Waals surface area (Å²) in [7, 11) is 0. The summed E-state index contributed by atoms with van der Waals surface area (Å²) in [5, 5.41) is 0. The summed E-state index contributed by atoms with van der Waals surface area (Å²) in [6, 6.07) is 1.50. The van der Waals surface area contributed by atoms with Gasteiger partial charge in [0.15, 0.2) is 0 Å². The number of rotatable bonds is 3. The Morgan fingerprint density at radius 3 is 2.50 bits per heavy atom. The molecule has 0 radical (unpaired) electrons. The van der Waals surface area contributed by atoms with E-state index in [0.29, 0.717) is 23.2 Å². The summed E-state index contributed by atoms with van der Waals surface area (Å²) in [6.45, 7) is 0. The molecule has 0 amide bonds. The molecule has 0 aliphatic heterocycles. The maximum absolute atomic E-state index is 13.0. The predicted molar refractivity (Wildman–Crippen MR) is 75.1 cm³/mol. The number of hydrogen-bond donors (Lipinski definition) is 1. The standard InChI is InChI=1S/C15H15F3N4/c16-15(17,18)11-5-9(6-20-13(11)19)12-7-22(10-3-4-10)14(21-12)8-1-2-8/h5-8,10H,1-4H2,(H2,19,20). The molecule has 4 rings (SSSR count). The monoisotopic (exact) mass is 308 g/mol. The first-order valence-electron chi connectivity index (χ1n) is 7.35. The summed E-state index contributed by atoms with van der Waals surface area (Å²) < 4.78 is 41.0. The second kappa shape index (κ2) is 4.47. The van der Waals surface area contributed by atoms with Crippen molar-refractivity contribution in [2.75, 3.05) is 5.73 Å². The molecule has 0 aromatic carbocycles. The van der Waals surface area contributed by atoms with Crippen LogP contribution in [0.2, 0.25) is 0 Å². The SMILES string of the molecule is Nc1ncc(-c2cn(C3CC3)c(C3CC3)n2)cc1C(F)(F)F. The number of anilines is 1. The molecule has 2 saturated carbocycles. The highest BCUT2D eigenvalue weighted by atomic mass is 19.4. The van der Waals surface area contributed by atoms with Crippen LogP contribution < -0.4 is 5.73 Å². The van der Waals surface area contributed by atoms with E-state index in [1.54, 1.807) is 0 Å².